The van der Waals surface area contributed by atoms with Gasteiger partial charge in [-0.3, -0.25) is 4.98 Å². The largest absolute Gasteiger partial charge is 0.396 e. The van der Waals surface area contributed by atoms with Gasteiger partial charge in [-0.2, -0.15) is 0 Å². The molecule has 2 heterocycles. The van der Waals surface area contributed by atoms with Crippen LogP contribution in [0.25, 0.3) is 0 Å². The van der Waals surface area contributed by atoms with Crippen LogP contribution >= 0.6 is 0 Å². The van der Waals surface area contributed by atoms with Gasteiger partial charge >= 0.3 is 0 Å². The summed E-state index contributed by atoms with van der Waals surface area (Å²) in [7, 11) is -3.40. The standard InChI is InChI=1S/C14H20N2O3S/c15-12-10-16-7-3-13(12)20(17,18)11-4-8-19-14(9-11)5-1-2-6-14/h3,7,10-11H,1-2,4-6,8-9,15H2. The van der Waals surface area contributed by atoms with Crippen molar-refractivity contribution in [2.24, 2.45) is 0 Å². The van der Waals surface area contributed by atoms with Crippen molar-refractivity contribution in [2.75, 3.05) is 12.3 Å². The molecule has 3 rings (SSSR count). The van der Waals surface area contributed by atoms with Gasteiger partial charge in [0.15, 0.2) is 9.84 Å². The zero-order valence-corrected chi connectivity index (χ0v) is 12.2. The minimum absolute atomic E-state index is 0.211. The Labute approximate surface area is 119 Å². The second-order valence-corrected chi connectivity index (χ2v) is 8.01. The van der Waals surface area contributed by atoms with Gasteiger partial charge in [0.05, 0.1) is 27.6 Å². The number of nitrogen functional groups attached to an aromatic ring is 1. The fourth-order valence-electron chi connectivity index (χ4n) is 3.45. The molecule has 1 aliphatic carbocycles. The van der Waals surface area contributed by atoms with Crippen LogP contribution in [0.4, 0.5) is 5.69 Å². The first-order valence-corrected chi connectivity index (χ1v) is 8.66. The van der Waals surface area contributed by atoms with Gasteiger partial charge in [0, 0.05) is 12.8 Å². The summed E-state index contributed by atoms with van der Waals surface area (Å²) >= 11 is 0. The number of hydrogen-bond acceptors (Lipinski definition) is 5. The van der Waals surface area contributed by atoms with Crippen molar-refractivity contribution in [3.8, 4) is 0 Å². The van der Waals surface area contributed by atoms with Crippen LogP contribution in [0.2, 0.25) is 0 Å². The van der Waals surface area contributed by atoms with E-state index in [4.69, 9.17) is 10.5 Å². The molecule has 1 saturated heterocycles. The number of ether oxygens (including phenoxy) is 1. The smallest absolute Gasteiger partial charge is 0.183 e. The van der Waals surface area contributed by atoms with Crippen LogP contribution in [-0.2, 0) is 14.6 Å². The number of hydrogen-bond donors (Lipinski definition) is 1. The molecule has 1 aromatic rings. The minimum Gasteiger partial charge on any atom is -0.396 e. The lowest BCUT2D eigenvalue weighted by Gasteiger charge is -2.38. The highest BCUT2D eigenvalue weighted by Gasteiger charge is 2.44. The molecule has 20 heavy (non-hydrogen) atoms. The zero-order valence-electron chi connectivity index (χ0n) is 11.4. The van der Waals surface area contributed by atoms with Gasteiger partial charge in [-0.1, -0.05) is 12.8 Å². The first-order chi connectivity index (χ1) is 9.54. The van der Waals surface area contributed by atoms with E-state index in [0.29, 0.717) is 19.4 Å². The number of nitrogens with zero attached hydrogens (tertiary/aromatic N) is 1. The van der Waals surface area contributed by atoms with E-state index in [-0.39, 0.29) is 21.4 Å². The predicted molar refractivity (Wildman–Crippen MR) is 76.0 cm³/mol. The van der Waals surface area contributed by atoms with Crippen molar-refractivity contribution in [1.82, 2.24) is 4.98 Å². The molecule has 2 N–H and O–H groups in total. The van der Waals surface area contributed by atoms with Crippen LogP contribution in [0.3, 0.4) is 0 Å². The Morgan fingerprint density at radius 2 is 2.10 bits per heavy atom. The van der Waals surface area contributed by atoms with E-state index >= 15 is 0 Å². The third-order valence-corrected chi connectivity index (χ3v) is 6.78. The lowest BCUT2D eigenvalue weighted by molar-refractivity contribution is -0.0713. The number of sulfone groups is 1. The zero-order chi connectivity index (χ0) is 14.2. The van der Waals surface area contributed by atoms with Crippen molar-refractivity contribution in [2.45, 2.75) is 54.3 Å². The van der Waals surface area contributed by atoms with E-state index < -0.39 is 9.84 Å². The SMILES string of the molecule is Nc1cnccc1S(=O)(=O)C1CCOC2(CCCC2)C1. The highest BCUT2D eigenvalue weighted by atomic mass is 32.2. The highest BCUT2D eigenvalue weighted by Crippen LogP contribution is 2.42. The molecule has 110 valence electrons. The van der Waals surface area contributed by atoms with Crippen LogP contribution in [0.15, 0.2) is 23.4 Å². The van der Waals surface area contributed by atoms with Crippen LogP contribution in [-0.4, -0.2) is 30.9 Å². The lowest BCUT2D eigenvalue weighted by Crippen LogP contribution is -2.42. The van der Waals surface area contributed by atoms with E-state index in [1.807, 2.05) is 0 Å². The maximum atomic E-state index is 12.8. The first kappa shape index (κ1) is 13.8. The summed E-state index contributed by atoms with van der Waals surface area (Å²) in [4.78, 5) is 4.08. The Bertz CT molecular complexity index is 594. The minimum atomic E-state index is -3.40. The summed E-state index contributed by atoms with van der Waals surface area (Å²) < 4.78 is 31.5. The Hall–Kier alpha value is -1.14. The molecular weight excluding hydrogens is 276 g/mol. The van der Waals surface area contributed by atoms with Crippen molar-refractivity contribution < 1.29 is 13.2 Å². The summed E-state index contributed by atoms with van der Waals surface area (Å²) in [6, 6.07) is 1.50. The van der Waals surface area contributed by atoms with Gasteiger partial charge in [0.2, 0.25) is 0 Å². The van der Waals surface area contributed by atoms with E-state index in [0.717, 1.165) is 25.7 Å². The number of anilines is 1. The Morgan fingerprint density at radius 1 is 1.35 bits per heavy atom. The number of nitrogens with two attached hydrogens (primary N) is 1. The molecule has 0 aromatic carbocycles. The first-order valence-electron chi connectivity index (χ1n) is 7.11. The molecule has 1 saturated carbocycles. The summed E-state index contributed by atoms with van der Waals surface area (Å²) in [5.41, 5.74) is 5.81. The molecule has 0 amide bonds. The molecule has 5 nitrogen and oxygen atoms in total. The van der Waals surface area contributed by atoms with Gasteiger partial charge in [-0.15, -0.1) is 0 Å². The molecule has 1 atom stereocenters. The summed E-state index contributed by atoms with van der Waals surface area (Å²) in [6.07, 6.45) is 8.23. The van der Waals surface area contributed by atoms with Crippen LogP contribution in [0.5, 0.6) is 0 Å². The summed E-state index contributed by atoms with van der Waals surface area (Å²) in [5.74, 6) is 0. The molecule has 6 heteroatoms. The maximum absolute atomic E-state index is 12.8. The van der Waals surface area contributed by atoms with E-state index in [9.17, 15) is 8.42 Å². The molecule has 1 aromatic heterocycles. The van der Waals surface area contributed by atoms with Gasteiger partial charge in [0.1, 0.15) is 0 Å². The number of pyridine rings is 1. The average Bonchev–Trinajstić information content (AvgIpc) is 2.87. The predicted octanol–water partition coefficient (Wildman–Crippen LogP) is 1.93. The summed E-state index contributed by atoms with van der Waals surface area (Å²) in [5, 5.41) is -0.390. The van der Waals surface area contributed by atoms with Crippen molar-refractivity contribution >= 4 is 15.5 Å². The fraction of sp³-hybridized carbons (Fsp3) is 0.643. The second-order valence-electron chi connectivity index (χ2n) is 5.81. The summed E-state index contributed by atoms with van der Waals surface area (Å²) in [6.45, 7) is 0.523. The quantitative estimate of drug-likeness (QED) is 0.901. The highest BCUT2D eigenvalue weighted by molar-refractivity contribution is 7.92. The van der Waals surface area contributed by atoms with Gasteiger partial charge in [-0.05, 0) is 31.7 Å². The molecule has 1 spiro atoms. The fourth-order valence-corrected chi connectivity index (χ4v) is 5.37. The van der Waals surface area contributed by atoms with E-state index in [2.05, 4.69) is 4.98 Å². The van der Waals surface area contributed by atoms with Crippen molar-refractivity contribution in [3.05, 3.63) is 18.5 Å². The van der Waals surface area contributed by atoms with Crippen molar-refractivity contribution in [3.63, 3.8) is 0 Å². The molecule has 2 fully saturated rings. The number of aromatic nitrogens is 1. The van der Waals surface area contributed by atoms with Gasteiger partial charge in [-0.25, -0.2) is 8.42 Å². The third-order valence-electron chi connectivity index (χ3n) is 4.52. The monoisotopic (exact) mass is 296 g/mol. The van der Waals surface area contributed by atoms with Crippen LogP contribution in [0.1, 0.15) is 38.5 Å². The Balaban J connectivity index is 1.90. The molecule has 1 aliphatic heterocycles. The normalized spacial score (nSPS) is 25.9. The topological polar surface area (TPSA) is 82.3 Å². The lowest BCUT2D eigenvalue weighted by atomic mass is 9.92. The molecule has 0 radical (unpaired) electrons. The molecule has 2 aliphatic rings. The number of rotatable bonds is 2. The third kappa shape index (κ3) is 2.31. The Kier molecular flexibility index (Phi) is 3.46. The Morgan fingerprint density at radius 3 is 2.80 bits per heavy atom. The average molecular weight is 296 g/mol. The molecular formula is C14H20N2O3S. The maximum Gasteiger partial charge on any atom is 0.183 e. The van der Waals surface area contributed by atoms with Crippen LogP contribution < -0.4 is 5.73 Å². The van der Waals surface area contributed by atoms with Gasteiger partial charge < -0.3 is 10.5 Å². The molecule has 1 unspecified atom stereocenters. The van der Waals surface area contributed by atoms with Gasteiger partial charge in [0.25, 0.3) is 0 Å². The van der Waals surface area contributed by atoms with Crippen LogP contribution in [0, 0.1) is 0 Å². The van der Waals surface area contributed by atoms with Crippen molar-refractivity contribution in [1.29, 1.82) is 0 Å². The van der Waals surface area contributed by atoms with E-state index in [1.54, 1.807) is 0 Å². The molecule has 0 bridgehead atoms. The second kappa shape index (κ2) is 5.00. The van der Waals surface area contributed by atoms with E-state index in [1.165, 1.54) is 18.5 Å².